The predicted molar refractivity (Wildman–Crippen MR) is 51.8 cm³/mol. The van der Waals surface area contributed by atoms with Crippen molar-refractivity contribution in [2.75, 3.05) is 13.1 Å². The second-order valence-corrected chi connectivity index (χ2v) is 3.10. The summed E-state index contributed by atoms with van der Waals surface area (Å²) < 4.78 is 40.5. The lowest BCUT2D eigenvalue weighted by Crippen LogP contribution is -2.26. The van der Waals surface area contributed by atoms with Crippen LogP contribution in [0.15, 0.2) is 24.3 Å². The molecule has 0 unspecified atom stereocenters. The second kappa shape index (κ2) is 5.07. The summed E-state index contributed by atoms with van der Waals surface area (Å²) in [6.45, 7) is -6.30. The number of aliphatic hydroxyl groups excluding tert-OH is 1. The highest BCUT2D eigenvalue weighted by molar-refractivity contribution is 6.58. The number of para-hydroxylation sites is 1. The molecule has 0 spiro atoms. The lowest BCUT2D eigenvalue weighted by Gasteiger charge is -2.17. The van der Waals surface area contributed by atoms with Gasteiger partial charge in [-0.15, -0.1) is 0 Å². The van der Waals surface area contributed by atoms with E-state index < -0.39 is 13.5 Å². The Hall–Kier alpha value is -1.17. The van der Waals surface area contributed by atoms with Crippen molar-refractivity contribution in [3.63, 3.8) is 0 Å². The molecule has 0 saturated heterocycles. The normalized spacial score (nSPS) is 11.5. The van der Waals surface area contributed by atoms with E-state index in [1.807, 2.05) is 0 Å². The highest BCUT2D eigenvalue weighted by Crippen LogP contribution is 2.20. The van der Waals surface area contributed by atoms with Crippen molar-refractivity contribution in [1.29, 1.82) is 0 Å². The van der Waals surface area contributed by atoms with Gasteiger partial charge in [0.2, 0.25) is 0 Å². The monoisotopic (exact) mass is 219 g/mol. The summed E-state index contributed by atoms with van der Waals surface area (Å²) in [5.74, 6) is 0.186. The molecule has 15 heavy (non-hydrogen) atoms. The van der Waals surface area contributed by atoms with Crippen LogP contribution in [-0.2, 0) is 6.42 Å². The topological polar surface area (TPSA) is 29.5 Å². The van der Waals surface area contributed by atoms with Gasteiger partial charge in [0.05, 0.1) is 6.51 Å². The van der Waals surface area contributed by atoms with Crippen molar-refractivity contribution in [1.82, 2.24) is 0 Å². The fourth-order valence-corrected chi connectivity index (χ4v) is 1.16. The molecule has 0 aliphatic carbocycles. The Balaban J connectivity index is 2.67. The van der Waals surface area contributed by atoms with Gasteiger partial charge < -0.3 is 22.8 Å². The predicted octanol–water partition coefficient (Wildman–Crippen LogP) is 1.99. The minimum atomic E-state index is -4.94. The highest BCUT2D eigenvalue weighted by atomic mass is 19.4. The molecule has 0 bridgehead atoms. The number of hydrogen-bond donors (Lipinski definition) is 1. The van der Waals surface area contributed by atoms with Gasteiger partial charge in [-0.1, -0.05) is 18.2 Å². The first kappa shape index (κ1) is 11.9. The third-order valence-corrected chi connectivity index (χ3v) is 1.78. The van der Waals surface area contributed by atoms with E-state index in [1.54, 1.807) is 18.2 Å². The first-order valence-corrected chi connectivity index (χ1v) is 4.55. The minimum absolute atomic E-state index is 0.114. The van der Waals surface area contributed by atoms with Gasteiger partial charge in [0.1, 0.15) is 5.75 Å². The van der Waals surface area contributed by atoms with E-state index >= 15 is 0 Å². The summed E-state index contributed by atoms with van der Waals surface area (Å²) in [6.07, 6.45) is 0.293. The lowest BCUT2D eigenvalue weighted by molar-refractivity contribution is 0.289. The van der Waals surface area contributed by atoms with Gasteiger partial charge in [0, 0.05) is 6.61 Å². The third-order valence-electron chi connectivity index (χ3n) is 1.78. The van der Waals surface area contributed by atoms with Crippen LogP contribution in [0.25, 0.3) is 0 Å². The molecular formula is C9H11BF3O2-. The van der Waals surface area contributed by atoms with E-state index in [0.717, 1.165) is 0 Å². The Morgan fingerprint density at radius 1 is 1.20 bits per heavy atom. The fraction of sp³-hybridized carbons (Fsp3) is 0.333. The average Bonchev–Trinajstić information content (AvgIpc) is 2.16. The summed E-state index contributed by atoms with van der Waals surface area (Å²) in [5, 5.41) is 8.70. The van der Waals surface area contributed by atoms with Gasteiger partial charge >= 0.3 is 6.98 Å². The van der Waals surface area contributed by atoms with E-state index in [9.17, 15) is 12.9 Å². The first-order chi connectivity index (χ1) is 7.03. The van der Waals surface area contributed by atoms with Crippen molar-refractivity contribution >= 4 is 6.98 Å². The van der Waals surface area contributed by atoms with E-state index in [1.165, 1.54) is 6.07 Å². The van der Waals surface area contributed by atoms with Crippen LogP contribution in [0.2, 0.25) is 0 Å². The van der Waals surface area contributed by atoms with E-state index in [2.05, 4.69) is 4.74 Å². The Kier molecular flexibility index (Phi) is 4.02. The quantitative estimate of drug-likeness (QED) is 0.767. The second-order valence-electron chi connectivity index (χ2n) is 3.10. The zero-order valence-corrected chi connectivity index (χ0v) is 8.00. The molecule has 1 aromatic rings. The van der Waals surface area contributed by atoms with Crippen LogP contribution in [0.3, 0.4) is 0 Å². The molecule has 2 nitrogen and oxygen atoms in total. The third kappa shape index (κ3) is 4.25. The molecule has 0 saturated carbocycles. The van der Waals surface area contributed by atoms with Crippen molar-refractivity contribution in [3.8, 4) is 5.75 Å². The number of aliphatic hydroxyl groups is 1. The maximum absolute atomic E-state index is 11.9. The molecule has 0 aliphatic rings. The Labute approximate surface area is 85.7 Å². The SMILES string of the molecule is OCCc1ccccc1OC[B-](F)(F)F. The molecule has 6 heteroatoms. The minimum Gasteiger partial charge on any atom is -0.521 e. The van der Waals surface area contributed by atoms with Crippen LogP contribution < -0.4 is 4.74 Å². The summed E-state index contributed by atoms with van der Waals surface area (Å²) in [7, 11) is 0. The molecule has 84 valence electrons. The number of halogens is 3. The smallest absolute Gasteiger partial charge is 0.515 e. The average molecular weight is 219 g/mol. The molecule has 0 aromatic heterocycles. The Morgan fingerprint density at radius 3 is 2.47 bits per heavy atom. The number of hydrogen-bond acceptors (Lipinski definition) is 2. The molecule has 1 N–H and O–H groups in total. The van der Waals surface area contributed by atoms with Gasteiger partial charge in [-0.2, -0.15) is 0 Å². The molecule has 0 atom stereocenters. The summed E-state index contributed by atoms with van der Waals surface area (Å²) >= 11 is 0. The van der Waals surface area contributed by atoms with E-state index in [-0.39, 0.29) is 12.4 Å². The van der Waals surface area contributed by atoms with Crippen molar-refractivity contribution < 1.29 is 22.8 Å². The maximum atomic E-state index is 11.9. The molecule has 0 fully saturated rings. The van der Waals surface area contributed by atoms with Crippen LogP contribution in [0, 0.1) is 0 Å². The standard InChI is InChI=1S/C9H11BF3O2/c11-10(12,13)7-15-9-4-2-1-3-8(9)5-6-14/h1-4,14H,5-7H2/q-1. The molecule has 0 amide bonds. The Bertz CT molecular complexity index is 314. The summed E-state index contributed by atoms with van der Waals surface area (Å²) in [6, 6.07) is 6.39. The lowest BCUT2D eigenvalue weighted by atomic mass is 9.95. The molecule has 0 heterocycles. The largest absolute Gasteiger partial charge is 0.521 e. The van der Waals surface area contributed by atoms with Gasteiger partial charge in [-0.3, -0.25) is 0 Å². The molecule has 1 rings (SSSR count). The van der Waals surface area contributed by atoms with Crippen LogP contribution in [0.1, 0.15) is 5.56 Å². The number of ether oxygens (including phenoxy) is 1. The molecule has 0 aliphatic heterocycles. The van der Waals surface area contributed by atoms with Crippen LogP contribution in [0.4, 0.5) is 12.9 Å². The van der Waals surface area contributed by atoms with Gasteiger partial charge in [0.25, 0.3) is 0 Å². The van der Waals surface area contributed by atoms with Gasteiger partial charge in [-0.05, 0) is 18.1 Å². The van der Waals surface area contributed by atoms with Crippen LogP contribution in [-0.4, -0.2) is 25.2 Å². The molecular weight excluding hydrogens is 208 g/mol. The van der Waals surface area contributed by atoms with E-state index in [4.69, 9.17) is 5.11 Å². The maximum Gasteiger partial charge on any atom is 0.515 e. The summed E-state index contributed by atoms with van der Waals surface area (Å²) in [4.78, 5) is 0. The highest BCUT2D eigenvalue weighted by Gasteiger charge is 2.24. The Morgan fingerprint density at radius 2 is 1.87 bits per heavy atom. The van der Waals surface area contributed by atoms with Crippen LogP contribution in [0.5, 0.6) is 5.75 Å². The van der Waals surface area contributed by atoms with Gasteiger partial charge in [0.15, 0.2) is 0 Å². The van der Waals surface area contributed by atoms with Crippen molar-refractivity contribution in [2.45, 2.75) is 6.42 Å². The van der Waals surface area contributed by atoms with Crippen molar-refractivity contribution in [2.24, 2.45) is 0 Å². The van der Waals surface area contributed by atoms with E-state index in [0.29, 0.717) is 12.0 Å². The zero-order valence-electron chi connectivity index (χ0n) is 8.00. The fourth-order valence-electron chi connectivity index (χ4n) is 1.16. The zero-order chi connectivity index (χ0) is 11.3. The molecule has 1 aromatic carbocycles. The van der Waals surface area contributed by atoms with Crippen LogP contribution >= 0.6 is 0 Å². The number of rotatable bonds is 5. The molecule has 0 radical (unpaired) electrons. The first-order valence-electron chi connectivity index (χ1n) is 4.55. The van der Waals surface area contributed by atoms with Crippen molar-refractivity contribution in [3.05, 3.63) is 29.8 Å². The number of benzene rings is 1. The van der Waals surface area contributed by atoms with Gasteiger partial charge in [-0.25, -0.2) is 0 Å². The summed E-state index contributed by atoms with van der Waals surface area (Å²) in [5.41, 5.74) is 0.583.